The molecule has 0 saturated carbocycles. The Morgan fingerprint density at radius 1 is 1.14 bits per heavy atom. The molecule has 7 nitrogen and oxygen atoms in total. The topological polar surface area (TPSA) is 73.4 Å². The fraction of sp³-hybridized carbons (Fsp3) is 0.167. The Kier molecular flexibility index (Phi) is 4.95. The number of rotatable bonds is 5. The number of nitro benzene ring substituents is 1. The predicted molar refractivity (Wildman–Crippen MR) is 95.7 cm³/mol. The second kappa shape index (κ2) is 7.22. The quantitative estimate of drug-likeness (QED) is 0.471. The van der Waals surface area contributed by atoms with Crippen LogP contribution in [0.25, 0.3) is 0 Å². The van der Waals surface area contributed by atoms with Crippen molar-refractivity contribution in [3.05, 3.63) is 69.7 Å². The molecule has 3 rings (SSSR count). The molecule has 0 fully saturated rings. The summed E-state index contributed by atoms with van der Waals surface area (Å²) in [5.41, 5.74) is -0.953. The molecule has 0 amide bonds. The highest BCUT2D eigenvalue weighted by Crippen LogP contribution is 2.43. The van der Waals surface area contributed by atoms with Gasteiger partial charge >= 0.3 is 0 Å². The summed E-state index contributed by atoms with van der Waals surface area (Å²) >= 11 is 0. The van der Waals surface area contributed by atoms with Crippen LogP contribution < -0.4 is 9.64 Å². The third-order valence-electron chi connectivity index (χ3n) is 4.03. The Bertz CT molecular complexity index is 1050. The standard InChI is InChI=1S/C18H15F3N4O3/c1-10-6-17(23(2)22-10)24(15-5-4-11(19)7-16(15)25(26)27)18-13(20)8-12(28-3)9-14(18)21/h4-9H,1-3H3. The van der Waals surface area contributed by atoms with Crippen molar-refractivity contribution < 1.29 is 22.8 Å². The molecule has 0 bridgehead atoms. The van der Waals surface area contributed by atoms with Gasteiger partial charge in [0.25, 0.3) is 5.69 Å². The lowest BCUT2D eigenvalue weighted by Gasteiger charge is -2.25. The highest BCUT2D eigenvalue weighted by Gasteiger charge is 2.30. The number of nitrogens with zero attached hydrogens (tertiary/aromatic N) is 4. The maximum Gasteiger partial charge on any atom is 0.296 e. The number of hydrogen-bond acceptors (Lipinski definition) is 5. The molecule has 0 aliphatic rings. The summed E-state index contributed by atoms with van der Waals surface area (Å²) in [7, 11) is 2.77. The average Bonchev–Trinajstić information content (AvgIpc) is 2.96. The molecule has 146 valence electrons. The number of hydrogen-bond donors (Lipinski definition) is 0. The van der Waals surface area contributed by atoms with Crippen molar-refractivity contribution >= 4 is 22.9 Å². The van der Waals surface area contributed by atoms with Crippen LogP contribution in [0.1, 0.15) is 5.69 Å². The number of ether oxygens (including phenoxy) is 1. The Hall–Kier alpha value is -3.56. The van der Waals surface area contributed by atoms with Gasteiger partial charge in [-0.05, 0) is 19.1 Å². The first kappa shape index (κ1) is 19.2. The highest BCUT2D eigenvalue weighted by molar-refractivity contribution is 5.81. The van der Waals surface area contributed by atoms with Crippen LogP contribution in [0, 0.1) is 34.5 Å². The van der Waals surface area contributed by atoms with Gasteiger partial charge in [0.1, 0.15) is 28.8 Å². The molecule has 0 aliphatic heterocycles. The van der Waals surface area contributed by atoms with E-state index in [1.54, 1.807) is 6.92 Å². The van der Waals surface area contributed by atoms with Gasteiger partial charge in [0.15, 0.2) is 11.6 Å². The zero-order chi connectivity index (χ0) is 20.6. The number of benzene rings is 2. The smallest absolute Gasteiger partial charge is 0.296 e. The van der Waals surface area contributed by atoms with E-state index in [4.69, 9.17) is 4.74 Å². The Balaban J connectivity index is 2.36. The molecule has 1 aromatic heterocycles. The molecule has 0 saturated heterocycles. The van der Waals surface area contributed by atoms with Gasteiger partial charge in [-0.15, -0.1) is 0 Å². The van der Waals surface area contributed by atoms with Crippen LogP contribution >= 0.6 is 0 Å². The predicted octanol–water partition coefficient (Wildman–Crippen LogP) is 4.53. The molecule has 0 unspecified atom stereocenters. The number of nitro groups is 1. The van der Waals surface area contributed by atoms with E-state index < -0.39 is 33.7 Å². The lowest BCUT2D eigenvalue weighted by atomic mass is 10.1. The monoisotopic (exact) mass is 392 g/mol. The molecular formula is C18H15F3N4O3. The molecule has 28 heavy (non-hydrogen) atoms. The van der Waals surface area contributed by atoms with E-state index >= 15 is 0 Å². The first-order valence-corrected chi connectivity index (χ1v) is 8.00. The van der Waals surface area contributed by atoms with Gasteiger partial charge in [-0.25, -0.2) is 13.2 Å². The second-order valence-corrected chi connectivity index (χ2v) is 5.93. The van der Waals surface area contributed by atoms with Crippen molar-refractivity contribution in [2.75, 3.05) is 12.0 Å². The van der Waals surface area contributed by atoms with Crippen molar-refractivity contribution in [1.29, 1.82) is 0 Å². The van der Waals surface area contributed by atoms with Gasteiger partial charge < -0.3 is 4.74 Å². The van der Waals surface area contributed by atoms with E-state index in [9.17, 15) is 23.3 Å². The van der Waals surface area contributed by atoms with Gasteiger partial charge in [0, 0.05) is 25.2 Å². The lowest BCUT2D eigenvalue weighted by molar-refractivity contribution is -0.384. The Morgan fingerprint density at radius 2 is 1.79 bits per heavy atom. The fourth-order valence-corrected chi connectivity index (χ4v) is 2.87. The summed E-state index contributed by atoms with van der Waals surface area (Å²) in [4.78, 5) is 11.6. The summed E-state index contributed by atoms with van der Waals surface area (Å²) in [5, 5.41) is 15.6. The molecule has 1 heterocycles. The van der Waals surface area contributed by atoms with Crippen molar-refractivity contribution in [3.8, 4) is 5.75 Å². The van der Waals surface area contributed by atoms with Crippen molar-refractivity contribution in [2.45, 2.75) is 6.92 Å². The minimum Gasteiger partial charge on any atom is -0.497 e. The zero-order valence-corrected chi connectivity index (χ0v) is 15.1. The first-order valence-electron chi connectivity index (χ1n) is 8.00. The van der Waals surface area contributed by atoms with Crippen LogP contribution in [-0.2, 0) is 7.05 Å². The number of methoxy groups -OCH3 is 1. The van der Waals surface area contributed by atoms with E-state index in [0.717, 1.165) is 29.2 Å². The van der Waals surface area contributed by atoms with E-state index in [1.165, 1.54) is 24.9 Å². The third-order valence-corrected chi connectivity index (χ3v) is 4.03. The number of halogens is 3. The second-order valence-electron chi connectivity index (χ2n) is 5.93. The van der Waals surface area contributed by atoms with Crippen LogP contribution in [0.5, 0.6) is 5.75 Å². The molecule has 0 aliphatic carbocycles. The zero-order valence-electron chi connectivity index (χ0n) is 15.1. The van der Waals surface area contributed by atoms with Crippen LogP contribution in [0.15, 0.2) is 36.4 Å². The molecular weight excluding hydrogens is 377 g/mol. The summed E-state index contributed by atoms with van der Waals surface area (Å²) in [6.45, 7) is 1.65. The average molecular weight is 392 g/mol. The summed E-state index contributed by atoms with van der Waals surface area (Å²) in [5.74, 6) is -2.81. The van der Waals surface area contributed by atoms with Gasteiger partial charge in [-0.2, -0.15) is 5.10 Å². The molecule has 3 aromatic rings. The number of aryl methyl sites for hydroxylation is 2. The SMILES string of the molecule is COc1cc(F)c(N(c2ccc(F)cc2[N+](=O)[O-])c2cc(C)nn2C)c(F)c1. The maximum absolute atomic E-state index is 14.8. The van der Waals surface area contributed by atoms with Gasteiger partial charge in [0.05, 0.1) is 23.8 Å². The third kappa shape index (κ3) is 3.36. The van der Waals surface area contributed by atoms with Crippen LogP contribution in [0.3, 0.4) is 0 Å². The molecule has 2 aromatic carbocycles. The summed E-state index contributed by atoms with van der Waals surface area (Å²) < 4.78 is 49.4. The molecule has 0 N–H and O–H groups in total. The van der Waals surface area contributed by atoms with Crippen LogP contribution in [-0.4, -0.2) is 21.8 Å². The highest BCUT2D eigenvalue weighted by atomic mass is 19.1. The van der Waals surface area contributed by atoms with Crippen molar-refractivity contribution in [2.24, 2.45) is 7.05 Å². The van der Waals surface area contributed by atoms with Crippen LogP contribution in [0.4, 0.5) is 36.1 Å². The summed E-state index contributed by atoms with van der Waals surface area (Å²) in [6, 6.07) is 6.13. The minimum atomic E-state index is -1.02. The molecule has 0 spiro atoms. The number of anilines is 3. The largest absolute Gasteiger partial charge is 0.497 e. The van der Waals surface area contributed by atoms with E-state index in [1.807, 2.05) is 0 Å². The Labute approximate surface area is 157 Å². The van der Waals surface area contributed by atoms with Gasteiger partial charge in [0.2, 0.25) is 0 Å². The van der Waals surface area contributed by atoms with E-state index in [0.29, 0.717) is 11.8 Å². The van der Waals surface area contributed by atoms with E-state index in [-0.39, 0.29) is 17.3 Å². The van der Waals surface area contributed by atoms with Gasteiger partial charge in [-0.3, -0.25) is 19.7 Å². The van der Waals surface area contributed by atoms with Crippen LogP contribution in [0.2, 0.25) is 0 Å². The maximum atomic E-state index is 14.8. The van der Waals surface area contributed by atoms with Crippen molar-refractivity contribution in [3.63, 3.8) is 0 Å². The number of aromatic nitrogens is 2. The lowest BCUT2D eigenvalue weighted by Crippen LogP contribution is -2.18. The normalized spacial score (nSPS) is 10.8. The van der Waals surface area contributed by atoms with E-state index in [2.05, 4.69) is 5.10 Å². The first-order chi connectivity index (χ1) is 13.2. The fourth-order valence-electron chi connectivity index (χ4n) is 2.87. The summed E-state index contributed by atoms with van der Waals surface area (Å²) in [6.07, 6.45) is 0. The molecule has 0 radical (unpaired) electrons. The van der Waals surface area contributed by atoms with Crippen molar-refractivity contribution in [1.82, 2.24) is 9.78 Å². The molecule has 10 heteroatoms. The van der Waals surface area contributed by atoms with Gasteiger partial charge in [-0.1, -0.05) is 0 Å². The molecule has 0 atom stereocenters. The minimum absolute atomic E-state index is 0.0616. The Morgan fingerprint density at radius 3 is 2.29 bits per heavy atom.